The molecule has 0 aromatic heterocycles. The molecule has 78 heavy (non-hydrogen) atoms. The number of nitrogens with zero attached hydrogens (tertiary/aromatic N) is 4. The molecule has 0 radical (unpaired) electrons. The zero-order chi connectivity index (χ0) is 57.6. The molecule has 0 aliphatic carbocycles. The number of rotatable bonds is 10. The molecule has 4 aliphatic rings. The van der Waals surface area contributed by atoms with E-state index in [2.05, 4.69) is 83.7 Å². The lowest BCUT2D eigenvalue weighted by atomic mass is 9.83. The molecule has 6 atom stereocenters. The molecule has 426 valence electrons. The quantitative estimate of drug-likeness (QED) is 0.153. The topological polar surface area (TPSA) is 105 Å². The summed E-state index contributed by atoms with van der Waals surface area (Å²) in [5.74, 6) is -3.52. The van der Waals surface area contributed by atoms with E-state index in [9.17, 15) is 36.7 Å². The number of nitrogens with one attached hydrogen (secondary N) is 2. The van der Waals surface area contributed by atoms with Crippen molar-refractivity contribution < 1.29 is 36.7 Å². The SMILES string of the molecule is CC(=O)N[C@@H](C)c1cc(Cl)ccc1C1CCN(C(=O)C2CN(C(C)(C)C)C[C@H]2c2ccc(F)cc2F)CC1.CC(=O)N[C@@H](C)c1cc(Cl)ccc1C1CCN(C(=O)C2CN(C(C)(C)C)C[C@H]2c2ccc(F)cc2F)CC1.ClCl. The highest BCUT2D eigenvalue weighted by molar-refractivity contribution is 6.85. The van der Waals surface area contributed by atoms with E-state index < -0.39 is 35.1 Å². The second-order valence-electron chi connectivity index (χ2n) is 23.5. The van der Waals surface area contributed by atoms with Crippen LogP contribution in [0.3, 0.4) is 0 Å². The first-order valence-electron chi connectivity index (χ1n) is 26.9. The Balaban J connectivity index is 0.000000245. The lowest BCUT2D eigenvalue weighted by Crippen LogP contribution is -2.44. The monoisotopic (exact) mass is 1160 g/mol. The van der Waals surface area contributed by atoms with Crippen molar-refractivity contribution in [2.75, 3.05) is 52.4 Å². The highest BCUT2D eigenvalue weighted by Gasteiger charge is 2.47. The zero-order valence-electron chi connectivity index (χ0n) is 46.5. The largest absolute Gasteiger partial charge is 0.350 e. The van der Waals surface area contributed by atoms with Gasteiger partial charge in [0.05, 0.1) is 23.9 Å². The second-order valence-corrected chi connectivity index (χ2v) is 24.4. The van der Waals surface area contributed by atoms with Crippen molar-refractivity contribution >= 4 is 68.5 Å². The molecule has 0 bridgehead atoms. The maximum absolute atomic E-state index is 14.8. The molecule has 4 aromatic rings. The van der Waals surface area contributed by atoms with E-state index in [-0.39, 0.29) is 70.5 Å². The molecule has 2 N–H and O–H groups in total. The van der Waals surface area contributed by atoms with Gasteiger partial charge in [-0.1, -0.05) is 47.5 Å². The first kappa shape index (κ1) is 62.8. The number of hydrogen-bond donors (Lipinski definition) is 2. The van der Waals surface area contributed by atoms with Crippen molar-refractivity contribution in [3.8, 4) is 0 Å². The highest BCUT2D eigenvalue weighted by Crippen LogP contribution is 2.43. The zero-order valence-corrected chi connectivity index (χ0v) is 49.5. The van der Waals surface area contributed by atoms with E-state index in [4.69, 9.17) is 23.2 Å². The average Bonchev–Trinajstić information content (AvgIpc) is 4.09. The molecule has 4 amide bonds. The summed E-state index contributed by atoms with van der Waals surface area (Å²) in [7, 11) is 8.22. The van der Waals surface area contributed by atoms with Gasteiger partial charge in [-0.15, -0.1) is 0 Å². The second kappa shape index (κ2) is 26.9. The Morgan fingerprint density at radius 1 is 0.513 bits per heavy atom. The number of likely N-dealkylation sites (tertiary alicyclic amines) is 4. The fourth-order valence-electron chi connectivity index (χ4n) is 12.1. The number of halogens is 8. The van der Waals surface area contributed by atoms with Crippen LogP contribution >= 0.6 is 44.9 Å². The Kier molecular flexibility index (Phi) is 21.6. The number of amides is 4. The smallest absolute Gasteiger partial charge is 0.227 e. The Labute approximate surface area is 478 Å². The van der Waals surface area contributed by atoms with Gasteiger partial charge in [-0.05, 0) is 163 Å². The Morgan fingerprint density at radius 2 is 0.833 bits per heavy atom. The van der Waals surface area contributed by atoms with Gasteiger partial charge in [-0.3, -0.25) is 29.0 Å². The molecule has 4 heterocycles. The van der Waals surface area contributed by atoms with Crippen molar-refractivity contribution in [1.82, 2.24) is 30.2 Å². The number of hydrogen-bond acceptors (Lipinski definition) is 6. The van der Waals surface area contributed by atoms with Crippen molar-refractivity contribution in [3.05, 3.63) is 139 Å². The van der Waals surface area contributed by atoms with Crippen LogP contribution in [0.4, 0.5) is 17.6 Å². The molecule has 4 saturated heterocycles. The minimum absolute atomic E-state index is 0.0341. The number of carbonyl (C=O) groups is 4. The molecule has 8 rings (SSSR count). The lowest BCUT2D eigenvalue weighted by molar-refractivity contribution is -0.137. The summed E-state index contributed by atoms with van der Waals surface area (Å²) >= 11 is 12.6. The van der Waals surface area contributed by atoms with Crippen LogP contribution in [0.2, 0.25) is 10.0 Å². The van der Waals surface area contributed by atoms with Gasteiger partial charge in [0.1, 0.15) is 23.3 Å². The summed E-state index contributed by atoms with van der Waals surface area (Å²) < 4.78 is 56.9. The first-order chi connectivity index (χ1) is 36.7. The predicted octanol–water partition coefficient (Wildman–Crippen LogP) is 13.4. The van der Waals surface area contributed by atoms with Gasteiger partial charge in [-0.25, -0.2) is 17.6 Å². The van der Waals surface area contributed by atoms with Crippen LogP contribution in [0.1, 0.15) is 164 Å². The summed E-state index contributed by atoms with van der Waals surface area (Å²) in [6.45, 7) is 24.0. The maximum atomic E-state index is 14.8. The number of piperidine rings is 2. The number of benzene rings is 4. The third-order valence-electron chi connectivity index (χ3n) is 16.3. The van der Waals surface area contributed by atoms with Gasteiger partial charge in [0.15, 0.2) is 0 Å². The van der Waals surface area contributed by atoms with Gasteiger partial charge in [-0.2, -0.15) is 0 Å². The molecule has 0 saturated carbocycles. The van der Waals surface area contributed by atoms with Crippen molar-refractivity contribution in [3.63, 3.8) is 0 Å². The third kappa shape index (κ3) is 15.5. The predicted molar refractivity (Wildman–Crippen MR) is 304 cm³/mol. The molecule has 18 heteroatoms. The molecule has 10 nitrogen and oxygen atoms in total. The fourth-order valence-corrected chi connectivity index (χ4v) is 12.4. The van der Waals surface area contributed by atoms with E-state index >= 15 is 0 Å². The summed E-state index contributed by atoms with van der Waals surface area (Å²) in [5.41, 5.74) is 4.76. The molecule has 2 unspecified atom stereocenters. The third-order valence-corrected chi connectivity index (χ3v) is 16.7. The number of carbonyl (C=O) groups excluding carboxylic acids is 4. The van der Waals surface area contributed by atoms with E-state index in [1.54, 1.807) is 0 Å². The summed E-state index contributed by atoms with van der Waals surface area (Å²) in [6, 6.07) is 18.6. The van der Waals surface area contributed by atoms with Crippen LogP contribution in [-0.4, -0.2) is 107 Å². The summed E-state index contributed by atoms with van der Waals surface area (Å²) in [4.78, 5) is 59.3. The van der Waals surface area contributed by atoms with Crippen molar-refractivity contribution in [2.24, 2.45) is 11.8 Å². The minimum Gasteiger partial charge on any atom is -0.350 e. The Hall–Kier alpha value is -4.44. The molecular formula is C60H76Cl4F4N6O4. The Bertz CT molecular complexity index is 2580. The molecule has 0 spiro atoms. The highest BCUT2D eigenvalue weighted by atomic mass is 36.5. The fraction of sp³-hybridized carbons (Fsp3) is 0.533. The van der Waals surface area contributed by atoms with Crippen LogP contribution in [0, 0.1) is 35.1 Å². The van der Waals surface area contributed by atoms with E-state index in [1.165, 1.54) is 38.1 Å². The lowest BCUT2D eigenvalue weighted by Gasteiger charge is -2.36. The van der Waals surface area contributed by atoms with Gasteiger partial charge < -0.3 is 20.4 Å². The van der Waals surface area contributed by atoms with Crippen LogP contribution in [0.15, 0.2) is 72.8 Å². The summed E-state index contributed by atoms with van der Waals surface area (Å²) in [6.07, 6.45) is 3.16. The molecule has 4 aromatic carbocycles. The van der Waals surface area contributed by atoms with Gasteiger partial charge in [0, 0.05) is 133 Å². The van der Waals surface area contributed by atoms with E-state index in [0.717, 1.165) is 60.1 Å². The molecule has 4 fully saturated rings. The van der Waals surface area contributed by atoms with Crippen molar-refractivity contribution in [2.45, 2.75) is 142 Å². The van der Waals surface area contributed by atoms with E-state index in [1.807, 2.05) is 60.0 Å². The minimum atomic E-state index is -0.615. The van der Waals surface area contributed by atoms with Gasteiger partial charge in [0.25, 0.3) is 0 Å². The maximum Gasteiger partial charge on any atom is 0.227 e. The van der Waals surface area contributed by atoms with Crippen LogP contribution in [0.25, 0.3) is 0 Å². The van der Waals surface area contributed by atoms with Gasteiger partial charge in [0.2, 0.25) is 23.6 Å². The first-order valence-corrected chi connectivity index (χ1v) is 28.8. The summed E-state index contributed by atoms with van der Waals surface area (Å²) in [5, 5.41) is 7.15. The average molecular weight is 1160 g/mol. The normalized spacial score (nSPS) is 21.5. The van der Waals surface area contributed by atoms with Crippen LogP contribution in [0.5, 0.6) is 0 Å². The standard InChI is InChI=1S/2C30H38ClF2N3O2.Cl2/c2*1-18(34-19(2)37)25-14-21(31)6-8-23(25)20-10-12-35(13-11-20)29(38)27-17-36(30(3,4)5)16-26(27)24-9-7-22(32)15-28(24)33;1-2/h2*6-9,14-15,18,20,26-27H,10-13,16-17H2,1-5H3,(H,34,37);/t2*18-,26-,27?;/m00./s1. The van der Waals surface area contributed by atoms with Gasteiger partial charge >= 0.3 is 0 Å². The van der Waals surface area contributed by atoms with Crippen LogP contribution < -0.4 is 10.6 Å². The van der Waals surface area contributed by atoms with E-state index in [0.29, 0.717) is 73.5 Å². The van der Waals surface area contributed by atoms with Crippen molar-refractivity contribution in [1.29, 1.82) is 0 Å². The van der Waals surface area contributed by atoms with Crippen LogP contribution in [-0.2, 0) is 19.2 Å². The Morgan fingerprint density at radius 3 is 1.13 bits per heavy atom. The molecule has 4 aliphatic heterocycles. The molecular weight excluding hydrogens is 1090 g/mol.